The smallest absolute Gasteiger partial charge is 0.253 e. The molecule has 7 nitrogen and oxygen atoms in total. The van der Waals surface area contributed by atoms with Gasteiger partial charge in [-0.25, -0.2) is 4.98 Å². The second-order valence-corrected chi connectivity index (χ2v) is 6.37. The number of aryl methyl sites for hydroxylation is 1. The molecule has 1 unspecified atom stereocenters. The second-order valence-electron chi connectivity index (χ2n) is 6.37. The summed E-state index contributed by atoms with van der Waals surface area (Å²) in [6.07, 6.45) is 2.68. The molecule has 0 radical (unpaired) electrons. The summed E-state index contributed by atoms with van der Waals surface area (Å²) in [4.78, 5) is 30.8. The van der Waals surface area contributed by atoms with Crippen LogP contribution in [0.3, 0.4) is 0 Å². The molecule has 2 aliphatic heterocycles. The minimum Gasteiger partial charge on any atom is -0.366 e. The number of ether oxygens (including phenoxy) is 1. The van der Waals surface area contributed by atoms with Crippen LogP contribution < -0.4 is 10.6 Å². The Morgan fingerprint density at radius 3 is 2.58 bits per heavy atom. The lowest BCUT2D eigenvalue weighted by molar-refractivity contribution is -0.147. The molecule has 3 rings (SSSR count). The number of piperidine rings is 1. The van der Waals surface area contributed by atoms with E-state index in [0.29, 0.717) is 44.9 Å². The van der Waals surface area contributed by atoms with Gasteiger partial charge in [0.1, 0.15) is 11.9 Å². The number of morpholine rings is 1. The van der Waals surface area contributed by atoms with Gasteiger partial charge < -0.3 is 20.3 Å². The van der Waals surface area contributed by atoms with Crippen LogP contribution in [0.25, 0.3) is 0 Å². The van der Waals surface area contributed by atoms with E-state index in [1.807, 2.05) is 17.9 Å². The predicted octanol–water partition coefficient (Wildman–Crippen LogP) is 1.40. The highest BCUT2D eigenvalue weighted by atomic mass is 35.5. The van der Waals surface area contributed by atoms with Crippen molar-refractivity contribution in [2.75, 3.05) is 38.1 Å². The summed E-state index contributed by atoms with van der Waals surface area (Å²) in [5.41, 5.74) is 1.05. The zero-order valence-electron chi connectivity index (χ0n) is 14.8. The van der Waals surface area contributed by atoms with Crippen LogP contribution in [0.1, 0.15) is 18.4 Å². The maximum Gasteiger partial charge on any atom is 0.253 e. The molecule has 0 bridgehead atoms. The predicted molar refractivity (Wildman–Crippen MR) is 104 cm³/mol. The normalized spacial score (nSPS) is 20.5. The van der Waals surface area contributed by atoms with Gasteiger partial charge in [0.15, 0.2) is 0 Å². The van der Waals surface area contributed by atoms with Crippen molar-refractivity contribution in [3.05, 3.63) is 23.9 Å². The minimum absolute atomic E-state index is 0. The van der Waals surface area contributed by atoms with Crippen LogP contribution in [0.2, 0.25) is 0 Å². The first-order chi connectivity index (χ1) is 11.6. The van der Waals surface area contributed by atoms with Crippen molar-refractivity contribution >= 4 is 42.4 Å². The average Bonchev–Trinajstić information content (AvgIpc) is 2.64. The van der Waals surface area contributed by atoms with Gasteiger partial charge >= 0.3 is 0 Å². The maximum absolute atomic E-state index is 12.4. The molecule has 1 atom stereocenters. The van der Waals surface area contributed by atoms with E-state index < -0.39 is 0 Å². The van der Waals surface area contributed by atoms with Crippen molar-refractivity contribution in [3.8, 4) is 0 Å². The van der Waals surface area contributed by atoms with Crippen molar-refractivity contribution in [2.24, 2.45) is 5.92 Å². The van der Waals surface area contributed by atoms with Crippen LogP contribution in [0.5, 0.6) is 0 Å². The topological polar surface area (TPSA) is 83.6 Å². The number of nitrogens with one attached hydrogen (secondary N) is 2. The van der Waals surface area contributed by atoms with Crippen LogP contribution in [-0.4, -0.2) is 60.6 Å². The Morgan fingerprint density at radius 2 is 2.00 bits per heavy atom. The van der Waals surface area contributed by atoms with Crippen molar-refractivity contribution in [2.45, 2.75) is 25.9 Å². The number of pyridine rings is 1. The molecular weight excluding hydrogens is 379 g/mol. The van der Waals surface area contributed by atoms with E-state index in [4.69, 9.17) is 4.74 Å². The second kappa shape index (κ2) is 10.7. The molecule has 0 saturated carbocycles. The number of nitrogens with zero attached hydrogens (tertiary/aromatic N) is 2. The first-order valence-corrected chi connectivity index (χ1v) is 8.48. The number of amides is 2. The van der Waals surface area contributed by atoms with Gasteiger partial charge in [0, 0.05) is 38.3 Å². The Hall–Kier alpha value is -1.41. The third-order valence-electron chi connectivity index (χ3n) is 4.54. The fraction of sp³-hybridized carbons (Fsp3) is 0.588. The van der Waals surface area contributed by atoms with E-state index in [9.17, 15) is 9.59 Å². The van der Waals surface area contributed by atoms with E-state index in [-0.39, 0.29) is 48.7 Å². The number of rotatable bonds is 3. The Morgan fingerprint density at radius 1 is 1.27 bits per heavy atom. The van der Waals surface area contributed by atoms with E-state index in [1.165, 1.54) is 0 Å². The SMILES string of the molecule is Cc1ccc(NC(=O)C2CCN(C(=O)C3CNCCO3)CC2)nc1.Cl.Cl. The summed E-state index contributed by atoms with van der Waals surface area (Å²) < 4.78 is 5.51. The highest BCUT2D eigenvalue weighted by Gasteiger charge is 2.32. The highest BCUT2D eigenvalue weighted by molar-refractivity contribution is 5.92. The molecule has 2 amide bonds. The quantitative estimate of drug-likeness (QED) is 0.795. The molecular formula is C17H26Cl2N4O3. The molecule has 2 aliphatic rings. The van der Waals surface area contributed by atoms with Crippen LogP contribution in [-0.2, 0) is 14.3 Å². The van der Waals surface area contributed by atoms with E-state index in [0.717, 1.165) is 12.1 Å². The molecule has 0 aromatic carbocycles. The van der Waals surface area contributed by atoms with Crippen molar-refractivity contribution in [1.82, 2.24) is 15.2 Å². The number of hydrogen-bond acceptors (Lipinski definition) is 5. The van der Waals surface area contributed by atoms with Crippen LogP contribution in [0.4, 0.5) is 5.82 Å². The molecule has 2 fully saturated rings. The number of likely N-dealkylation sites (tertiary alicyclic amines) is 1. The first-order valence-electron chi connectivity index (χ1n) is 8.48. The number of anilines is 1. The molecule has 26 heavy (non-hydrogen) atoms. The molecule has 1 aromatic rings. The molecule has 2 saturated heterocycles. The number of halogens is 2. The first kappa shape index (κ1) is 22.6. The van der Waals surface area contributed by atoms with Crippen molar-refractivity contribution < 1.29 is 14.3 Å². The molecule has 1 aromatic heterocycles. The minimum atomic E-state index is -0.388. The lowest BCUT2D eigenvalue weighted by Crippen LogP contribution is -2.51. The molecule has 3 heterocycles. The van der Waals surface area contributed by atoms with Crippen LogP contribution in [0, 0.1) is 12.8 Å². The van der Waals surface area contributed by atoms with Gasteiger partial charge in [0.2, 0.25) is 5.91 Å². The van der Waals surface area contributed by atoms with Gasteiger partial charge in [0.25, 0.3) is 5.91 Å². The highest BCUT2D eigenvalue weighted by Crippen LogP contribution is 2.20. The number of carbonyl (C=O) groups is 2. The summed E-state index contributed by atoms with van der Waals surface area (Å²) >= 11 is 0. The van der Waals surface area contributed by atoms with Crippen LogP contribution in [0.15, 0.2) is 18.3 Å². The fourth-order valence-corrected chi connectivity index (χ4v) is 3.06. The largest absolute Gasteiger partial charge is 0.366 e. The summed E-state index contributed by atoms with van der Waals surface area (Å²) in [6, 6.07) is 3.72. The standard InChI is InChI=1S/C17H24N4O3.2ClH/c1-12-2-3-15(19-10-12)20-16(22)13-4-7-21(8-5-13)17(23)14-11-18-6-9-24-14;;/h2-3,10,13-14,18H,4-9,11H2,1H3,(H,19,20,22);2*1H. The molecule has 0 aliphatic carbocycles. The zero-order valence-corrected chi connectivity index (χ0v) is 16.4. The summed E-state index contributed by atoms with van der Waals surface area (Å²) in [5, 5.41) is 6.03. The van der Waals surface area contributed by atoms with Gasteiger partial charge in [-0.2, -0.15) is 0 Å². The van der Waals surface area contributed by atoms with E-state index in [1.54, 1.807) is 12.3 Å². The molecule has 0 spiro atoms. The third kappa shape index (κ3) is 5.81. The molecule has 146 valence electrons. The Balaban J connectivity index is 0.00000169. The zero-order chi connectivity index (χ0) is 16.9. The van der Waals surface area contributed by atoms with E-state index >= 15 is 0 Å². The molecule has 9 heteroatoms. The lowest BCUT2D eigenvalue weighted by atomic mass is 9.95. The average molecular weight is 405 g/mol. The lowest BCUT2D eigenvalue weighted by Gasteiger charge is -2.34. The van der Waals surface area contributed by atoms with Crippen molar-refractivity contribution in [1.29, 1.82) is 0 Å². The Bertz CT molecular complexity index is 586. The number of hydrogen-bond donors (Lipinski definition) is 2. The Labute approximate surface area is 166 Å². The van der Waals surface area contributed by atoms with Gasteiger partial charge in [0.05, 0.1) is 6.61 Å². The van der Waals surface area contributed by atoms with Crippen LogP contribution >= 0.6 is 24.8 Å². The maximum atomic E-state index is 12.4. The fourth-order valence-electron chi connectivity index (χ4n) is 3.06. The summed E-state index contributed by atoms with van der Waals surface area (Å²) in [7, 11) is 0. The monoisotopic (exact) mass is 404 g/mol. The van der Waals surface area contributed by atoms with Gasteiger partial charge in [-0.3, -0.25) is 9.59 Å². The van der Waals surface area contributed by atoms with Crippen molar-refractivity contribution in [3.63, 3.8) is 0 Å². The van der Waals surface area contributed by atoms with Gasteiger partial charge in [-0.05, 0) is 31.4 Å². The van der Waals surface area contributed by atoms with E-state index in [2.05, 4.69) is 15.6 Å². The number of aromatic nitrogens is 1. The molecule has 2 N–H and O–H groups in total. The third-order valence-corrected chi connectivity index (χ3v) is 4.54. The van der Waals surface area contributed by atoms with Gasteiger partial charge in [-0.15, -0.1) is 24.8 Å². The number of carbonyl (C=O) groups excluding carboxylic acids is 2. The summed E-state index contributed by atoms with van der Waals surface area (Å²) in [5.74, 6) is 0.503. The Kier molecular flexibility index (Phi) is 9.29. The summed E-state index contributed by atoms with van der Waals surface area (Å²) in [6.45, 7) is 5.07. The van der Waals surface area contributed by atoms with Gasteiger partial charge in [-0.1, -0.05) is 6.07 Å².